The molecule has 184 valence electrons. The molecule has 0 bridgehead atoms. The summed E-state index contributed by atoms with van der Waals surface area (Å²) in [5.74, 6) is 0.763. The standard InChI is InChI=1S/C28H23N5O3S/c1-35-20-14-12-18(13-15-20)25-22(17-32(31-25)19-8-4-3-5-9-19)26-30-27(34)21(16-29)28(37)33(26)23-10-6-7-11-24(23)36-2/h3-15,17,26,37H,1-2H3,(H,30,34). The molecule has 2 heterocycles. The molecule has 0 spiro atoms. The van der Waals surface area contributed by atoms with Gasteiger partial charge in [0.2, 0.25) is 0 Å². The van der Waals surface area contributed by atoms with Crippen molar-refractivity contribution in [2.75, 3.05) is 19.1 Å². The lowest BCUT2D eigenvalue weighted by Crippen LogP contribution is -2.46. The summed E-state index contributed by atoms with van der Waals surface area (Å²) in [5.41, 5.74) is 3.59. The molecule has 9 heteroatoms. The number of carbonyl (C=O) groups excluding carboxylic acids is 1. The predicted molar refractivity (Wildman–Crippen MR) is 144 cm³/mol. The lowest BCUT2D eigenvalue weighted by atomic mass is 10.0. The van der Waals surface area contributed by atoms with Crippen LogP contribution in [0, 0.1) is 11.3 Å². The van der Waals surface area contributed by atoms with E-state index in [1.165, 1.54) is 0 Å². The number of ether oxygens (including phenoxy) is 2. The molecular formula is C28H23N5O3S. The molecule has 3 aromatic carbocycles. The third-order valence-corrected chi connectivity index (χ3v) is 6.52. The minimum atomic E-state index is -0.733. The van der Waals surface area contributed by atoms with Crippen LogP contribution in [0.25, 0.3) is 16.9 Å². The highest BCUT2D eigenvalue weighted by molar-refractivity contribution is 7.84. The van der Waals surface area contributed by atoms with Crippen molar-refractivity contribution < 1.29 is 14.3 Å². The van der Waals surface area contributed by atoms with Crippen LogP contribution in [0.15, 0.2) is 95.7 Å². The summed E-state index contributed by atoms with van der Waals surface area (Å²) in [6, 6.07) is 26.6. The first kappa shape index (κ1) is 24.0. The lowest BCUT2D eigenvalue weighted by molar-refractivity contribution is -0.118. The van der Waals surface area contributed by atoms with Gasteiger partial charge in [-0.3, -0.25) is 4.79 Å². The summed E-state index contributed by atoms with van der Waals surface area (Å²) in [6.45, 7) is 0. The molecular weight excluding hydrogens is 486 g/mol. The van der Waals surface area contributed by atoms with Gasteiger partial charge in [-0.05, 0) is 48.5 Å². The molecule has 0 saturated heterocycles. The van der Waals surface area contributed by atoms with E-state index in [2.05, 4.69) is 17.9 Å². The summed E-state index contributed by atoms with van der Waals surface area (Å²) in [4.78, 5) is 14.8. The number of aromatic nitrogens is 2. The lowest BCUT2D eigenvalue weighted by Gasteiger charge is -2.38. The zero-order valence-corrected chi connectivity index (χ0v) is 21.0. The van der Waals surface area contributed by atoms with Gasteiger partial charge in [0.05, 0.1) is 36.3 Å². The van der Waals surface area contributed by atoms with Crippen LogP contribution in [-0.4, -0.2) is 29.9 Å². The molecule has 1 unspecified atom stereocenters. The van der Waals surface area contributed by atoms with E-state index in [0.717, 1.165) is 11.3 Å². The van der Waals surface area contributed by atoms with Crippen molar-refractivity contribution in [3.8, 4) is 34.5 Å². The second-order valence-corrected chi connectivity index (χ2v) is 8.59. The van der Waals surface area contributed by atoms with Gasteiger partial charge in [0.25, 0.3) is 5.91 Å². The topological polar surface area (TPSA) is 92.4 Å². The van der Waals surface area contributed by atoms with Gasteiger partial charge >= 0.3 is 0 Å². The van der Waals surface area contributed by atoms with Crippen LogP contribution in [0.1, 0.15) is 11.7 Å². The van der Waals surface area contributed by atoms with Crippen LogP contribution in [0.5, 0.6) is 11.5 Å². The number of para-hydroxylation sites is 3. The Labute approximate surface area is 219 Å². The third-order valence-electron chi connectivity index (χ3n) is 6.08. The van der Waals surface area contributed by atoms with Crippen LogP contribution in [-0.2, 0) is 4.79 Å². The monoisotopic (exact) mass is 509 g/mol. The number of amides is 1. The van der Waals surface area contributed by atoms with E-state index in [1.807, 2.05) is 91.1 Å². The highest BCUT2D eigenvalue weighted by Crippen LogP contribution is 2.42. The average Bonchev–Trinajstić information content (AvgIpc) is 3.39. The number of methoxy groups -OCH3 is 2. The van der Waals surface area contributed by atoms with Gasteiger partial charge in [0.1, 0.15) is 29.3 Å². The molecule has 1 amide bonds. The number of hydrogen-bond donors (Lipinski definition) is 2. The van der Waals surface area contributed by atoms with Crippen LogP contribution in [0.4, 0.5) is 5.69 Å². The summed E-state index contributed by atoms with van der Waals surface area (Å²) in [6.07, 6.45) is 1.14. The molecule has 5 rings (SSSR count). The number of nitrogens with zero attached hydrogens (tertiary/aromatic N) is 4. The number of hydrogen-bond acceptors (Lipinski definition) is 7. The molecule has 1 N–H and O–H groups in total. The van der Waals surface area contributed by atoms with Gasteiger partial charge in [-0.1, -0.05) is 30.3 Å². The maximum atomic E-state index is 13.0. The fourth-order valence-electron chi connectivity index (χ4n) is 4.28. The van der Waals surface area contributed by atoms with E-state index in [9.17, 15) is 10.1 Å². The fourth-order valence-corrected chi connectivity index (χ4v) is 4.65. The van der Waals surface area contributed by atoms with Crippen molar-refractivity contribution >= 4 is 24.2 Å². The van der Waals surface area contributed by atoms with Crippen LogP contribution in [0.2, 0.25) is 0 Å². The number of nitriles is 1. The Morgan fingerprint density at radius 1 is 0.973 bits per heavy atom. The Bertz CT molecular complexity index is 1520. The first-order valence-corrected chi connectivity index (χ1v) is 11.9. The van der Waals surface area contributed by atoms with Crippen molar-refractivity contribution in [3.05, 3.63) is 101 Å². The van der Waals surface area contributed by atoms with E-state index in [4.69, 9.17) is 14.6 Å². The van der Waals surface area contributed by atoms with E-state index >= 15 is 0 Å². The molecule has 1 aliphatic rings. The maximum absolute atomic E-state index is 13.0. The van der Waals surface area contributed by atoms with Crippen molar-refractivity contribution in [1.82, 2.24) is 15.1 Å². The Morgan fingerprint density at radius 3 is 2.35 bits per heavy atom. The molecule has 0 aliphatic carbocycles. The minimum absolute atomic E-state index is 0.0908. The van der Waals surface area contributed by atoms with Gasteiger partial charge < -0.3 is 19.7 Å². The van der Waals surface area contributed by atoms with Gasteiger partial charge in [0.15, 0.2) is 0 Å². The third kappa shape index (κ3) is 4.39. The molecule has 1 atom stereocenters. The van der Waals surface area contributed by atoms with Gasteiger partial charge in [-0.25, -0.2) is 4.68 Å². The molecule has 4 aromatic rings. The van der Waals surface area contributed by atoms with Crippen LogP contribution in [0.3, 0.4) is 0 Å². The summed E-state index contributed by atoms with van der Waals surface area (Å²) in [5, 5.41) is 17.8. The summed E-state index contributed by atoms with van der Waals surface area (Å²) in [7, 11) is 3.18. The van der Waals surface area contributed by atoms with Crippen LogP contribution >= 0.6 is 12.6 Å². The van der Waals surface area contributed by atoms with Crippen molar-refractivity contribution in [2.24, 2.45) is 0 Å². The number of carbonyl (C=O) groups is 1. The zero-order valence-electron chi connectivity index (χ0n) is 20.1. The SMILES string of the molecule is COc1ccc(-c2nn(-c3ccccc3)cc2C2NC(=O)C(C#N)=C(S)N2c2ccccc2OC)cc1. The highest BCUT2D eigenvalue weighted by atomic mass is 32.1. The first-order chi connectivity index (χ1) is 18.0. The van der Waals surface area contributed by atoms with E-state index in [0.29, 0.717) is 28.4 Å². The largest absolute Gasteiger partial charge is 0.497 e. The fraction of sp³-hybridized carbons (Fsp3) is 0.107. The summed E-state index contributed by atoms with van der Waals surface area (Å²) >= 11 is 4.64. The van der Waals surface area contributed by atoms with Crippen molar-refractivity contribution in [2.45, 2.75) is 6.17 Å². The zero-order chi connectivity index (χ0) is 25.9. The molecule has 0 radical (unpaired) electrons. The molecule has 0 fully saturated rings. The minimum Gasteiger partial charge on any atom is -0.497 e. The first-order valence-electron chi connectivity index (χ1n) is 11.4. The van der Waals surface area contributed by atoms with E-state index < -0.39 is 12.1 Å². The maximum Gasteiger partial charge on any atom is 0.266 e. The molecule has 0 saturated carbocycles. The van der Waals surface area contributed by atoms with Crippen molar-refractivity contribution in [1.29, 1.82) is 5.26 Å². The van der Waals surface area contributed by atoms with E-state index in [1.54, 1.807) is 23.8 Å². The van der Waals surface area contributed by atoms with Gasteiger partial charge in [-0.2, -0.15) is 10.4 Å². The predicted octanol–water partition coefficient (Wildman–Crippen LogP) is 4.86. The van der Waals surface area contributed by atoms with Crippen LogP contribution < -0.4 is 19.7 Å². The molecule has 8 nitrogen and oxygen atoms in total. The van der Waals surface area contributed by atoms with E-state index in [-0.39, 0.29) is 10.6 Å². The average molecular weight is 510 g/mol. The highest BCUT2D eigenvalue weighted by Gasteiger charge is 2.37. The summed E-state index contributed by atoms with van der Waals surface area (Å²) < 4.78 is 12.7. The Balaban J connectivity index is 1.74. The second-order valence-electron chi connectivity index (χ2n) is 8.17. The number of nitrogens with one attached hydrogen (secondary N) is 1. The Hall–Kier alpha value is -4.68. The molecule has 1 aromatic heterocycles. The van der Waals surface area contributed by atoms with Gasteiger partial charge in [-0.15, -0.1) is 12.6 Å². The number of rotatable bonds is 6. The number of anilines is 1. The smallest absolute Gasteiger partial charge is 0.266 e. The number of thiol groups is 1. The Morgan fingerprint density at radius 2 is 1.68 bits per heavy atom. The second kappa shape index (κ2) is 10.1. The molecule has 1 aliphatic heterocycles. The quantitative estimate of drug-likeness (QED) is 0.361. The van der Waals surface area contributed by atoms with Crippen molar-refractivity contribution in [3.63, 3.8) is 0 Å². The number of benzene rings is 3. The molecule has 37 heavy (non-hydrogen) atoms. The van der Waals surface area contributed by atoms with Gasteiger partial charge in [0, 0.05) is 17.3 Å². The Kier molecular flexibility index (Phi) is 6.58. The normalized spacial score (nSPS) is 15.2.